The molecule has 1 aromatic carbocycles. The van der Waals surface area contributed by atoms with E-state index in [2.05, 4.69) is 0 Å². The predicted molar refractivity (Wildman–Crippen MR) is 74.7 cm³/mol. The summed E-state index contributed by atoms with van der Waals surface area (Å²) >= 11 is 0. The molecule has 1 heterocycles. The average Bonchev–Trinajstić information content (AvgIpc) is 2.69. The maximum absolute atomic E-state index is 13.4. The lowest BCUT2D eigenvalue weighted by Gasteiger charge is -2.28. The van der Waals surface area contributed by atoms with Gasteiger partial charge in [0.2, 0.25) is 0 Å². The number of rotatable bonds is 1. The molecule has 2 rings (SSSR count). The Kier molecular flexibility index (Phi) is 3.99. The van der Waals surface area contributed by atoms with E-state index in [9.17, 15) is 9.18 Å². The van der Waals surface area contributed by atoms with Crippen molar-refractivity contribution in [1.29, 1.82) is 0 Å². The summed E-state index contributed by atoms with van der Waals surface area (Å²) in [6, 6.07) is 5.94. The number of likely N-dealkylation sites (tertiary alicyclic amines) is 1. The maximum atomic E-state index is 13.4. The Hall–Kier alpha value is -1.62. The fourth-order valence-corrected chi connectivity index (χ4v) is 2.42. The minimum atomic E-state index is -0.559. The second-order valence-corrected chi connectivity index (χ2v) is 6.20. The first-order chi connectivity index (χ1) is 9.26. The molecule has 1 aliphatic heterocycles. The summed E-state index contributed by atoms with van der Waals surface area (Å²) in [6.45, 7) is 5.88. The van der Waals surface area contributed by atoms with Crippen molar-refractivity contribution in [1.82, 2.24) is 4.90 Å². The van der Waals surface area contributed by atoms with Gasteiger partial charge in [-0.1, -0.05) is 12.1 Å². The molecule has 0 radical (unpaired) electrons. The smallest absolute Gasteiger partial charge is 0.410 e. The first-order valence-corrected chi connectivity index (χ1v) is 6.77. The van der Waals surface area contributed by atoms with Crippen molar-refractivity contribution in [2.75, 3.05) is 6.54 Å². The van der Waals surface area contributed by atoms with Crippen LogP contribution in [0, 0.1) is 5.82 Å². The van der Waals surface area contributed by atoms with E-state index >= 15 is 0 Å². The van der Waals surface area contributed by atoms with Crippen LogP contribution in [0.15, 0.2) is 24.3 Å². The molecule has 0 aromatic heterocycles. The zero-order valence-electron chi connectivity index (χ0n) is 12.1. The molecule has 0 aliphatic carbocycles. The average molecular weight is 280 g/mol. The van der Waals surface area contributed by atoms with Gasteiger partial charge in [-0.25, -0.2) is 9.18 Å². The maximum Gasteiger partial charge on any atom is 0.410 e. The fraction of sp³-hybridized carbons (Fsp3) is 0.533. The second kappa shape index (κ2) is 5.40. The quantitative estimate of drug-likeness (QED) is 0.860. The van der Waals surface area contributed by atoms with Crippen LogP contribution in [0.1, 0.15) is 38.8 Å². The van der Waals surface area contributed by atoms with E-state index in [1.165, 1.54) is 12.1 Å². The van der Waals surface area contributed by atoms with Crippen molar-refractivity contribution in [3.05, 3.63) is 35.6 Å². The topological polar surface area (TPSA) is 55.6 Å². The highest BCUT2D eigenvalue weighted by Crippen LogP contribution is 2.32. The third-order valence-corrected chi connectivity index (χ3v) is 3.19. The number of hydrogen-bond acceptors (Lipinski definition) is 3. The van der Waals surface area contributed by atoms with Gasteiger partial charge in [0, 0.05) is 12.6 Å². The Balaban J connectivity index is 2.21. The Bertz CT molecular complexity index is 499. The fourth-order valence-electron chi connectivity index (χ4n) is 2.42. The van der Waals surface area contributed by atoms with Crippen LogP contribution >= 0.6 is 0 Å². The van der Waals surface area contributed by atoms with Crippen molar-refractivity contribution >= 4 is 6.09 Å². The molecule has 0 bridgehead atoms. The zero-order chi connectivity index (χ0) is 14.9. The molecule has 1 aromatic rings. The lowest BCUT2D eigenvalue weighted by atomic mass is 10.0. The number of carbonyl (C=O) groups excluding carboxylic acids is 1. The highest BCUT2D eigenvalue weighted by molar-refractivity contribution is 5.69. The van der Waals surface area contributed by atoms with E-state index in [-0.39, 0.29) is 17.9 Å². The molecular weight excluding hydrogens is 259 g/mol. The standard InChI is InChI=1S/C15H21FN2O2/c1-15(2,3)20-14(19)18-9-12(17)8-13(18)10-5-4-6-11(16)7-10/h4-7,12-13H,8-9,17H2,1-3H3. The van der Waals surface area contributed by atoms with Crippen LogP contribution in [0.3, 0.4) is 0 Å². The van der Waals surface area contributed by atoms with E-state index in [0.717, 1.165) is 5.56 Å². The number of nitrogens with two attached hydrogens (primary N) is 1. The van der Waals surface area contributed by atoms with Gasteiger partial charge in [-0.15, -0.1) is 0 Å². The summed E-state index contributed by atoms with van der Waals surface area (Å²) in [7, 11) is 0. The van der Waals surface area contributed by atoms with Gasteiger partial charge in [-0.3, -0.25) is 4.90 Å². The summed E-state index contributed by atoms with van der Waals surface area (Å²) < 4.78 is 18.7. The van der Waals surface area contributed by atoms with E-state index in [0.29, 0.717) is 13.0 Å². The molecule has 2 N–H and O–H groups in total. The molecule has 1 saturated heterocycles. The molecule has 1 amide bonds. The normalized spacial score (nSPS) is 22.9. The SMILES string of the molecule is CC(C)(C)OC(=O)N1CC(N)CC1c1cccc(F)c1. The van der Waals surface area contributed by atoms with Crippen LogP contribution in [0.2, 0.25) is 0 Å². The molecule has 5 heteroatoms. The van der Waals surface area contributed by atoms with Crippen LogP contribution in [-0.2, 0) is 4.74 Å². The number of carbonyl (C=O) groups is 1. The molecule has 2 atom stereocenters. The summed E-state index contributed by atoms with van der Waals surface area (Å²) in [5.41, 5.74) is 6.14. The number of benzene rings is 1. The Morgan fingerprint density at radius 1 is 1.45 bits per heavy atom. The molecule has 0 spiro atoms. The Morgan fingerprint density at radius 3 is 2.75 bits per heavy atom. The van der Waals surface area contributed by atoms with E-state index in [1.54, 1.807) is 11.0 Å². The molecular formula is C15H21FN2O2. The second-order valence-electron chi connectivity index (χ2n) is 6.20. The first kappa shape index (κ1) is 14.8. The zero-order valence-corrected chi connectivity index (χ0v) is 12.1. The molecule has 110 valence electrons. The van der Waals surface area contributed by atoms with Crippen LogP contribution in [-0.4, -0.2) is 29.2 Å². The van der Waals surface area contributed by atoms with Gasteiger partial charge in [-0.2, -0.15) is 0 Å². The van der Waals surface area contributed by atoms with Gasteiger partial charge in [0.1, 0.15) is 11.4 Å². The molecule has 1 fully saturated rings. The highest BCUT2D eigenvalue weighted by atomic mass is 19.1. The van der Waals surface area contributed by atoms with Crippen LogP contribution in [0.5, 0.6) is 0 Å². The molecule has 1 aliphatic rings. The highest BCUT2D eigenvalue weighted by Gasteiger charge is 2.37. The van der Waals surface area contributed by atoms with Crippen molar-refractivity contribution in [3.8, 4) is 0 Å². The Morgan fingerprint density at radius 2 is 2.15 bits per heavy atom. The minimum absolute atomic E-state index is 0.115. The number of amides is 1. The van der Waals surface area contributed by atoms with Crippen LogP contribution in [0.25, 0.3) is 0 Å². The van der Waals surface area contributed by atoms with E-state index in [1.807, 2.05) is 26.8 Å². The summed E-state index contributed by atoms with van der Waals surface area (Å²) in [6.07, 6.45) is 0.211. The molecule has 2 unspecified atom stereocenters. The largest absolute Gasteiger partial charge is 0.444 e. The monoisotopic (exact) mass is 280 g/mol. The van der Waals surface area contributed by atoms with Gasteiger partial charge in [0.15, 0.2) is 0 Å². The summed E-state index contributed by atoms with van der Waals surface area (Å²) in [4.78, 5) is 13.8. The third-order valence-electron chi connectivity index (χ3n) is 3.19. The van der Waals surface area contributed by atoms with Gasteiger partial charge in [-0.05, 0) is 44.9 Å². The lowest BCUT2D eigenvalue weighted by molar-refractivity contribution is 0.0222. The summed E-state index contributed by atoms with van der Waals surface area (Å²) in [5, 5.41) is 0. The number of hydrogen-bond donors (Lipinski definition) is 1. The predicted octanol–water partition coefficient (Wildman–Crippen LogP) is 2.83. The molecule has 4 nitrogen and oxygen atoms in total. The van der Waals surface area contributed by atoms with Crippen molar-refractivity contribution < 1.29 is 13.9 Å². The molecule has 0 saturated carbocycles. The van der Waals surface area contributed by atoms with Crippen molar-refractivity contribution in [2.45, 2.75) is 44.9 Å². The van der Waals surface area contributed by atoms with Gasteiger partial charge < -0.3 is 10.5 Å². The summed E-state index contributed by atoms with van der Waals surface area (Å²) in [5.74, 6) is -0.313. The van der Waals surface area contributed by atoms with Gasteiger partial charge in [0.05, 0.1) is 6.04 Å². The minimum Gasteiger partial charge on any atom is -0.444 e. The van der Waals surface area contributed by atoms with Crippen molar-refractivity contribution in [3.63, 3.8) is 0 Å². The first-order valence-electron chi connectivity index (χ1n) is 6.77. The van der Waals surface area contributed by atoms with Gasteiger partial charge >= 0.3 is 6.09 Å². The van der Waals surface area contributed by atoms with Crippen molar-refractivity contribution in [2.24, 2.45) is 5.73 Å². The number of nitrogens with zero attached hydrogens (tertiary/aromatic N) is 1. The number of halogens is 1. The van der Waals surface area contributed by atoms with Gasteiger partial charge in [0.25, 0.3) is 0 Å². The van der Waals surface area contributed by atoms with E-state index < -0.39 is 11.7 Å². The lowest BCUT2D eigenvalue weighted by Crippen LogP contribution is -2.38. The Labute approximate surface area is 118 Å². The third kappa shape index (κ3) is 3.48. The molecule has 20 heavy (non-hydrogen) atoms. The number of ether oxygens (including phenoxy) is 1. The van der Waals surface area contributed by atoms with E-state index in [4.69, 9.17) is 10.5 Å². The van der Waals surface area contributed by atoms with Crippen LogP contribution in [0.4, 0.5) is 9.18 Å². The van der Waals surface area contributed by atoms with Crippen LogP contribution < -0.4 is 5.73 Å².